The van der Waals surface area contributed by atoms with E-state index < -0.39 is 10.0 Å². The lowest BCUT2D eigenvalue weighted by Crippen LogP contribution is -2.26. The number of nitrogens with one attached hydrogen (secondary N) is 1. The Bertz CT molecular complexity index is 1120. The summed E-state index contributed by atoms with van der Waals surface area (Å²) >= 11 is 7.60. The predicted molar refractivity (Wildman–Crippen MR) is 120 cm³/mol. The Morgan fingerprint density at radius 2 is 1.59 bits per heavy atom. The maximum atomic E-state index is 12.9. The first kappa shape index (κ1) is 21.2. The molecule has 0 saturated carbocycles. The van der Waals surface area contributed by atoms with Gasteiger partial charge < -0.3 is 5.32 Å². The van der Waals surface area contributed by atoms with Crippen LogP contribution in [0.1, 0.15) is 10.4 Å². The molecule has 29 heavy (non-hydrogen) atoms. The van der Waals surface area contributed by atoms with Gasteiger partial charge in [-0.25, -0.2) is 8.42 Å². The third kappa shape index (κ3) is 4.75. The summed E-state index contributed by atoms with van der Waals surface area (Å²) in [4.78, 5) is 13.6. The standard InChI is InChI=1S/C21H19ClN2O3S2/c1-24(29(26,27)18-13-11-17(28-2)12-14-18)16-9-7-15(8-10-16)21(25)23-20-6-4-3-5-19(20)22/h3-14H,1-2H3,(H,23,25). The Balaban J connectivity index is 1.78. The number of carbonyl (C=O) groups excluding carboxylic acids is 1. The topological polar surface area (TPSA) is 66.5 Å². The molecule has 0 radical (unpaired) electrons. The molecule has 0 fully saturated rings. The minimum absolute atomic E-state index is 0.207. The van der Waals surface area contributed by atoms with Crippen LogP contribution in [-0.2, 0) is 10.0 Å². The van der Waals surface area contributed by atoms with Crippen LogP contribution in [0.2, 0.25) is 5.02 Å². The largest absolute Gasteiger partial charge is 0.321 e. The maximum Gasteiger partial charge on any atom is 0.264 e. The molecule has 0 saturated heterocycles. The van der Waals surface area contributed by atoms with Crippen LogP contribution in [-0.4, -0.2) is 27.6 Å². The van der Waals surface area contributed by atoms with Crippen molar-refractivity contribution in [1.29, 1.82) is 0 Å². The van der Waals surface area contributed by atoms with Crippen LogP contribution in [0.25, 0.3) is 0 Å². The molecule has 0 aliphatic rings. The van der Waals surface area contributed by atoms with E-state index in [1.165, 1.54) is 11.4 Å². The van der Waals surface area contributed by atoms with Gasteiger partial charge in [0.2, 0.25) is 0 Å². The molecule has 5 nitrogen and oxygen atoms in total. The summed E-state index contributed by atoms with van der Waals surface area (Å²) in [6.07, 6.45) is 1.93. The number of amides is 1. The number of rotatable bonds is 6. The molecular weight excluding hydrogens is 428 g/mol. The normalized spacial score (nSPS) is 11.1. The third-order valence-electron chi connectivity index (χ3n) is 4.33. The van der Waals surface area contributed by atoms with E-state index in [0.29, 0.717) is 22.0 Å². The lowest BCUT2D eigenvalue weighted by molar-refractivity contribution is 0.102. The van der Waals surface area contributed by atoms with Crippen molar-refractivity contribution >= 4 is 50.7 Å². The van der Waals surface area contributed by atoms with Gasteiger partial charge in [-0.1, -0.05) is 23.7 Å². The molecule has 0 aliphatic heterocycles. The lowest BCUT2D eigenvalue weighted by Gasteiger charge is -2.20. The van der Waals surface area contributed by atoms with E-state index in [1.807, 2.05) is 6.26 Å². The highest BCUT2D eigenvalue weighted by Crippen LogP contribution is 2.25. The van der Waals surface area contributed by atoms with Crippen LogP contribution in [0.4, 0.5) is 11.4 Å². The van der Waals surface area contributed by atoms with Crippen LogP contribution < -0.4 is 9.62 Å². The molecular formula is C21H19ClN2O3S2. The van der Waals surface area contributed by atoms with Crippen molar-refractivity contribution in [3.63, 3.8) is 0 Å². The van der Waals surface area contributed by atoms with E-state index in [-0.39, 0.29) is 10.8 Å². The van der Waals surface area contributed by atoms with Gasteiger partial charge in [-0.2, -0.15) is 0 Å². The van der Waals surface area contributed by atoms with E-state index >= 15 is 0 Å². The van der Waals surface area contributed by atoms with Crippen LogP contribution >= 0.6 is 23.4 Å². The van der Waals surface area contributed by atoms with Gasteiger partial charge in [-0.3, -0.25) is 9.10 Å². The van der Waals surface area contributed by atoms with Gasteiger partial charge in [0.1, 0.15) is 0 Å². The Labute approximate surface area is 179 Å². The highest BCUT2D eigenvalue weighted by molar-refractivity contribution is 7.98. The number of hydrogen-bond acceptors (Lipinski definition) is 4. The van der Waals surface area contributed by atoms with Crippen molar-refractivity contribution in [3.05, 3.63) is 83.4 Å². The number of halogens is 1. The zero-order valence-corrected chi connectivity index (χ0v) is 18.2. The smallest absolute Gasteiger partial charge is 0.264 e. The fourth-order valence-electron chi connectivity index (χ4n) is 2.62. The minimum Gasteiger partial charge on any atom is -0.321 e. The molecule has 0 aliphatic carbocycles. The molecule has 0 spiro atoms. The SMILES string of the molecule is CSc1ccc(S(=O)(=O)N(C)c2ccc(C(=O)Nc3ccccc3Cl)cc2)cc1. The number of benzene rings is 3. The lowest BCUT2D eigenvalue weighted by atomic mass is 10.2. The number of para-hydroxylation sites is 1. The fourth-order valence-corrected chi connectivity index (χ4v) is 4.41. The van der Waals surface area contributed by atoms with Crippen molar-refractivity contribution in [2.24, 2.45) is 0 Å². The van der Waals surface area contributed by atoms with E-state index in [2.05, 4.69) is 5.32 Å². The van der Waals surface area contributed by atoms with Gasteiger partial charge >= 0.3 is 0 Å². The monoisotopic (exact) mass is 446 g/mol. The molecule has 0 unspecified atom stereocenters. The first-order valence-electron chi connectivity index (χ1n) is 8.62. The molecule has 3 rings (SSSR count). The summed E-state index contributed by atoms with van der Waals surface area (Å²) in [6, 6.07) is 20.0. The van der Waals surface area contributed by atoms with Crippen LogP contribution in [0, 0.1) is 0 Å². The molecule has 0 heterocycles. The maximum absolute atomic E-state index is 12.9. The molecule has 3 aromatic rings. The van der Waals surface area contributed by atoms with Gasteiger partial charge in [0, 0.05) is 17.5 Å². The quantitative estimate of drug-likeness (QED) is 0.532. The molecule has 1 amide bonds. The van der Waals surface area contributed by atoms with Gasteiger partial charge in [0.05, 0.1) is 21.3 Å². The molecule has 1 N–H and O–H groups in total. The first-order chi connectivity index (χ1) is 13.8. The van der Waals surface area contributed by atoms with E-state index in [4.69, 9.17) is 11.6 Å². The Morgan fingerprint density at radius 3 is 2.17 bits per heavy atom. The highest BCUT2D eigenvalue weighted by Gasteiger charge is 2.21. The second-order valence-corrected chi connectivity index (χ2v) is 9.39. The average molecular weight is 447 g/mol. The van der Waals surface area contributed by atoms with Crippen molar-refractivity contribution in [1.82, 2.24) is 0 Å². The first-order valence-corrected chi connectivity index (χ1v) is 11.7. The van der Waals surface area contributed by atoms with Crippen LogP contribution in [0.15, 0.2) is 82.6 Å². The Hall–Kier alpha value is -2.48. The summed E-state index contributed by atoms with van der Waals surface area (Å²) in [6.45, 7) is 0. The van der Waals surface area contributed by atoms with Crippen molar-refractivity contribution in [3.8, 4) is 0 Å². The van der Waals surface area contributed by atoms with Crippen molar-refractivity contribution in [2.45, 2.75) is 9.79 Å². The molecule has 3 aromatic carbocycles. The van der Waals surface area contributed by atoms with E-state index in [0.717, 1.165) is 4.90 Å². The number of sulfonamides is 1. The summed E-state index contributed by atoms with van der Waals surface area (Å²) < 4.78 is 26.9. The second-order valence-electron chi connectivity index (χ2n) is 6.13. The summed E-state index contributed by atoms with van der Waals surface area (Å²) in [5.74, 6) is -0.331. The number of hydrogen-bond donors (Lipinski definition) is 1. The van der Waals surface area contributed by atoms with E-state index in [9.17, 15) is 13.2 Å². The second kappa shape index (κ2) is 8.90. The molecule has 0 atom stereocenters. The zero-order chi connectivity index (χ0) is 21.0. The number of anilines is 2. The van der Waals surface area contributed by atoms with Crippen LogP contribution in [0.3, 0.4) is 0 Å². The van der Waals surface area contributed by atoms with E-state index in [1.54, 1.807) is 84.6 Å². The Kier molecular flexibility index (Phi) is 6.52. The molecule has 0 aromatic heterocycles. The third-order valence-corrected chi connectivity index (χ3v) is 7.21. The molecule has 150 valence electrons. The fraction of sp³-hybridized carbons (Fsp3) is 0.0952. The summed E-state index contributed by atoms with van der Waals surface area (Å²) in [5.41, 5.74) is 1.36. The van der Waals surface area contributed by atoms with Gasteiger partial charge in [0.15, 0.2) is 0 Å². The molecule has 8 heteroatoms. The highest BCUT2D eigenvalue weighted by atomic mass is 35.5. The van der Waals surface area contributed by atoms with Gasteiger partial charge in [-0.05, 0) is 66.9 Å². The minimum atomic E-state index is -3.70. The predicted octanol–water partition coefficient (Wildman–Crippen LogP) is 5.14. The average Bonchev–Trinajstić information content (AvgIpc) is 2.75. The van der Waals surface area contributed by atoms with Crippen LogP contribution in [0.5, 0.6) is 0 Å². The van der Waals surface area contributed by atoms with Gasteiger partial charge in [-0.15, -0.1) is 11.8 Å². The number of nitrogens with zero attached hydrogens (tertiary/aromatic N) is 1. The Morgan fingerprint density at radius 1 is 0.966 bits per heavy atom. The molecule has 0 bridgehead atoms. The van der Waals surface area contributed by atoms with Gasteiger partial charge in [0.25, 0.3) is 15.9 Å². The number of carbonyl (C=O) groups is 1. The van der Waals surface area contributed by atoms with Crippen molar-refractivity contribution in [2.75, 3.05) is 22.9 Å². The van der Waals surface area contributed by atoms with Crippen molar-refractivity contribution < 1.29 is 13.2 Å². The zero-order valence-electron chi connectivity index (χ0n) is 15.8. The number of thioether (sulfide) groups is 1. The summed E-state index contributed by atoms with van der Waals surface area (Å²) in [7, 11) is -2.22. The summed E-state index contributed by atoms with van der Waals surface area (Å²) in [5, 5.41) is 3.18.